The van der Waals surface area contributed by atoms with E-state index >= 15 is 0 Å². The number of hydrogen-bond donors (Lipinski definition) is 1. The number of ether oxygens (including phenoxy) is 1. The van der Waals surface area contributed by atoms with Crippen molar-refractivity contribution in [2.24, 2.45) is 5.92 Å². The Balaban J connectivity index is 1.44. The molecule has 158 valence electrons. The molecule has 3 aromatic rings. The van der Waals surface area contributed by atoms with Crippen LogP contribution >= 0.6 is 0 Å². The van der Waals surface area contributed by atoms with Crippen LogP contribution < -0.4 is 15.0 Å². The number of rotatable bonds is 6. The average molecular weight is 416 g/mol. The van der Waals surface area contributed by atoms with Gasteiger partial charge in [0.15, 0.2) is 11.6 Å². The summed E-state index contributed by atoms with van der Waals surface area (Å²) < 4.78 is 5.84. The monoisotopic (exact) mass is 416 g/mol. The summed E-state index contributed by atoms with van der Waals surface area (Å²) >= 11 is 0. The number of nitrogens with zero attached hydrogens (tertiary/aromatic N) is 3. The molecule has 0 bridgehead atoms. The van der Waals surface area contributed by atoms with Gasteiger partial charge >= 0.3 is 0 Å². The zero-order valence-corrected chi connectivity index (χ0v) is 17.5. The summed E-state index contributed by atoms with van der Waals surface area (Å²) in [7, 11) is 0. The largest absolute Gasteiger partial charge is 0.485 e. The maximum absolute atomic E-state index is 12.9. The molecule has 1 aliphatic rings. The zero-order chi connectivity index (χ0) is 21.8. The van der Waals surface area contributed by atoms with E-state index in [4.69, 9.17) is 4.74 Å². The van der Waals surface area contributed by atoms with Gasteiger partial charge < -0.3 is 15.0 Å². The third kappa shape index (κ3) is 4.55. The topological polar surface area (TPSA) is 84.4 Å². The van der Waals surface area contributed by atoms with Crippen molar-refractivity contribution in [1.82, 2.24) is 9.97 Å². The predicted octanol–water partition coefficient (Wildman–Crippen LogP) is 3.66. The zero-order valence-electron chi connectivity index (χ0n) is 17.5. The van der Waals surface area contributed by atoms with Gasteiger partial charge in [-0.15, -0.1) is 0 Å². The van der Waals surface area contributed by atoms with Crippen molar-refractivity contribution in [1.29, 1.82) is 0 Å². The molecule has 1 N–H and O–H groups in total. The lowest BCUT2D eigenvalue weighted by molar-refractivity contribution is -0.122. The molecule has 1 aromatic carbocycles. The minimum Gasteiger partial charge on any atom is -0.485 e. The number of carbonyl (C=O) groups is 2. The fraction of sp³-hybridized carbons (Fsp3) is 0.250. The van der Waals surface area contributed by atoms with Crippen LogP contribution in [-0.2, 0) is 16.2 Å². The third-order valence-corrected chi connectivity index (χ3v) is 5.52. The highest BCUT2D eigenvalue weighted by molar-refractivity contribution is 6.04. The molecule has 0 aliphatic carbocycles. The first kappa shape index (κ1) is 20.5. The maximum atomic E-state index is 12.9. The highest BCUT2D eigenvalue weighted by Gasteiger charge is 2.36. The van der Waals surface area contributed by atoms with Crippen LogP contribution in [0.25, 0.3) is 0 Å². The molecule has 7 heteroatoms. The molecule has 1 atom stereocenters. The maximum Gasteiger partial charge on any atom is 0.231 e. The fourth-order valence-corrected chi connectivity index (χ4v) is 3.60. The second-order valence-electron chi connectivity index (χ2n) is 7.61. The van der Waals surface area contributed by atoms with Gasteiger partial charge in [0, 0.05) is 37.2 Å². The summed E-state index contributed by atoms with van der Waals surface area (Å²) in [6, 6.07) is 13.1. The molecule has 7 nitrogen and oxygen atoms in total. The standard InChI is InChI=1S/C24H24N4O3/c1-16-5-3-6-20(17(16)2)28-14-19(13-22(28)29)24(30)27-23-21(7-4-10-26-23)31-15-18-8-11-25-12-9-18/h3-12,19H,13-15H2,1-2H3,(H,26,27,30). The van der Waals surface area contributed by atoms with Gasteiger partial charge in [0.2, 0.25) is 11.8 Å². The molecule has 1 saturated heterocycles. The van der Waals surface area contributed by atoms with Crippen LogP contribution in [0.4, 0.5) is 11.5 Å². The lowest BCUT2D eigenvalue weighted by Gasteiger charge is -2.20. The van der Waals surface area contributed by atoms with Crippen molar-refractivity contribution in [3.63, 3.8) is 0 Å². The van der Waals surface area contributed by atoms with Crippen molar-refractivity contribution >= 4 is 23.3 Å². The number of amides is 2. The lowest BCUT2D eigenvalue weighted by atomic mass is 10.1. The first-order chi connectivity index (χ1) is 15.0. The molecule has 2 aromatic heterocycles. The minimum absolute atomic E-state index is 0.0518. The van der Waals surface area contributed by atoms with Crippen LogP contribution in [0.3, 0.4) is 0 Å². The van der Waals surface area contributed by atoms with Gasteiger partial charge in [-0.05, 0) is 60.9 Å². The molecule has 1 unspecified atom stereocenters. The Hall–Kier alpha value is -3.74. The van der Waals surface area contributed by atoms with E-state index in [9.17, 15) is 9.59 Å². The van der Waals surface area contributed by atoms with E-state index in [1.54, 1.807) is 35.6 Å². The molecule has 2 amide bonds. The molecule has 0 radical (unpaired) electrons. The van der Waals surface area contributed by atoms with Gasteiger partial charge in [0.25, 0.3) is 0 Å². The molecular formula is C24H24N4O3. The molecule has 31 heavy (non-hydrogen) atoms. The summed E-state index contributed by atoms with van der Waals surface area (Å²) in [5.74, 6) is 0.0719. The predicted molar refractivity (Wildman–Crippen MR) is 118 cm³/mol. The Morgan fingerprint density at radius 3 is 2.74 bits per heavy atom. The minimum atomic E-state index is -0.456. The number of pyridine rings is 2. The quantitative estimate of drug-likeness (QED) is 0.663. The smallest absolute Gasteiger partial charge is 0.231 e. The van der Waals surface area contributed by atoms with Crippen molar-refractivity contribution < 1.29 is 14.3 Å². The van der Waals surface area contributed by atoms with Crippen LogP contribution in [0, 0.1) is 19.8 Å². The summed E-state index contributed by atoms with van der Waals surface area (Å²) in [5.41, 5.74) is 3.98. The van der Waals surface area contributed by atoms with Crippen molar-refractivity contribution in [3.8, 4) is 5.75 Å². The number of aromatic nitrogens is 2. The van der Waals surface area contributed by atoms with Gasteiger partial charge in [-0.3, -0.25) is 14.6 Å². The third-order valence-electron chi connectivity index (χ3n) is 5.52. The number of hydrogen-bond acceptors (Lipinski definition) is 5. The van der Waals surface area contributed by atoms with Crippen LogP contribution in [0.15, 0.2) is 61.1 Å². The fourth-order valence-electron chi connectivity index (χ4n) is 3.60. The Kier molecular flexibility index (Phi) is 5.93. The van der Waals surface area contributed by atoms with E-state index in [-0.39, 0.29) is 18.2 Å². The van der Waals surface area contributed by atoms with Crippen LogP contribution in [-0.4, -0.2) is 28.3 Å². The normalized spacial score (nSPS) is 15.7. The van der Waals surface area contributed by atoms with Crippen molar-refractivity contribution in [2.45, 2.75) is 26.9 Å². The van der Waals surface area contributed by atoms with Gasteiger partial charge in [0.05, 0.1) is 5.92 Å². The highest BCUT2D eigenvalue weighted by Crippen LogP contribution is 2.30. The van der Waals surface area contributed by atoms with E-state index in [0.717, 1.165) is 22.4 Å². The molecule has 1 fully saturated rings. The molecule has 0 spiro atoms. The Labute approximate surface area is 181 Å². The van der Waals surface area contributed by atoms with E-state index in [2.05, 4.69) is 15.3 Å². The van der Waals surface area contributed by atoms with Crippen LogP contribution in [0.2, 0.25) is 0 Å². The Morgan fingerprint density at radius 2 is 1.94 bits per heavy atom. The second kappa shape index (κ2) is 8.95. The number of benzene rings is 1. The first-order valence-corrected chi connectivity index (χ1v) is 10.2. The first-order valence-electron chi connectivity index (χ1n) is 10.2. The van der Waals surface area contributed by atoms with E-state index < -0.39 is 5.92 Å². The van der Waals surface area contributed by atoms with Gasteiger partial charge in [-0.2, -0.15) is 0 Å². The Morgan fingerprint density at radius 1 is 1.13 bits per heavy atom. The number of nitrogens with one attached hydrogen (secondary N) is 1. The number of anilines is 2. The van der Waals surface area contributed by atoms with E-state index in [1.807, 2.05) is 44.2 Å². The summed E-state index contributed by atoms with van der Waals surface area (Å²) in [4.78, 5) is 35.5. The number of aryl methyl sites for hydroxylation is 1. The van der Waals surface area contributed by atoms with Crippen LogP contribution in [0.5, 0.6) is 5.75 Å². The second-order valence-corrected chi connectivity index (χ2v) is 7.61. The van der Waals surface area contributed by atoms with Gasteiger partial charge in [-0.1, -0.05) is 12.1 Å². The number of carbonyl (C=O) groups excluding carboxylic acids is 2. The molecular weight excluding hydrogens is 392 g/mol. The highest BCUT2D eigenvalue weighted by atomic mass is 16.5. The Bertz CT molecular complexity index is 1100. The molecule has 4 rings (SSSR count). The van der Waals surface area contributed by atoms with Gasteiger partial charge in [-0.25, -0.2) is 4.98 Å². The van der Waals surface area contributed by atoms with Crippen LogP contribution in [0.1, 0.15) is 23.1 Å². The summed E-state index contributed by atoms with van der Waals surface area (Å²) in [5, 5.41) is 2.84. The lowest BCUT2D eigenvalue weighted by Crippen LogP contribution is -2.29. The molecule has 1 aliphatic heterocycles. The molecule has 0 saturated carbocycles. The van der Waals surface area contributed by atoms with Gasteiger partial charge in [0.1, 0.15) is 6.61 Å². The SMILES string of the molecule is Cc1cccc(N2CC(C(=O)Nc3ncccc3OCc3ccncc3)CC2=O)c1C. The summed E-state index contributed by atoms with van der Waals surface area (Å²) in [6.07, 6.45) is 5.16. The van der Waals surface area contributed by atoms with Crippen molar-refractivity contribution in [3.05, 3.63) is 77.7 Å². The summed E-state index contributed by atoms with van der Waals surface area (Å²) in [6.45, 7) is 4.68. The molecule has 3 heterocycles. The average Bonchev–Trinajstić information content (AvgIpc) is 3.17. The van der Waals surface area contributed by atoms with E-state index in [0.29, 0.717) is 24.7 Å². The van der Waals surface area contributed by atoms with Crippen molar-refractivity contribution in [2.75, 3.05) is 16.8 Å². The van der Waals surface area contributed by atoms with E-state index in [1.165, 1.54) is 0 Å².